The van der Waals surface area contributed by atoms with E-state index < -0.39 is 9.84 Å². The maximum Gasteiger partial charge on any atom is 0.269 e. The molecule has 30 heavy (non-hydrogen) atoms. The normalized spacial score (nSPS) is 19.5. The number of hydrogen-bond acceptors (Lipinski definition) is 6. The van der Waals surface area contributed by atoms with E-state index in [1.807, 2.05) is 18.2 Å². The number of nitrogens with zero attached hydrogens (tertiary/aromatic N) is 2. The molecule has 0 radical (unpaired) electrons. The van der Waals surface area contributed by atoms with Crippen LogP contribution in [0.3, 0.4) is 0 Å². The van der Waals surface area contributed by atoms with Crippen LogP contribution in [0.5, 0.6) is 11.5 Å². The van der Waals surface area contributed by atoms with Gasteiger partial charge in [-0.1, -0.05) is 6.07 Å². The maximum absolute atomic E-state index is 13.1. The van der Waals surface area contributed by atoms with Crippen LogP contribution in [0.4, 0.5) is 0 Å². The SMILES string of the molecule is COc1ccc(CCNC(=O)c2c3c(nn2[C@H]2CCS(=O)(=O)C2)CCC3)cc1OC. The van der Waals surface area contributed by atoms with E-state index in [0.717, 1.165) is 36.1 Å². The smallest absolute Gasteiger partial charge is 0.269 e. The Bertz CT molecular complexity index is 1060. The van der Waals surface area contributed by atoms with Gasteiger partial charge in [-0.3, -0.25) is 9.48 Å². The highest BCUT2D eigenvalue weighted by Crippen LogP contribution is 2.31. The van der Waals surface area contributed by atoms with Crippen LogP contribution in [0, 0.1) is 0 Å². The minimum atomic E-state index is -3.06. The minimum absolute atomic E-state index is 0.0550. The second-order valence-corrected chi connectivity index (χ2v) is 10.1. The number of fused-ring (bicyclic) bond motifs is 1. The lowest BCUT2D eigenvalue weighted by Gasteiger charge is -2.15. The van der Waals surface area contributed by atoms with E-state index in [0.29, 0.717) is 36.6 Å². The summed E-state index contributed by atoms with van der Waals surface area (Å²) in [5.74, 6) is 1.34. The first-order valence-electron chi connectivity index (χ1n) is 10.2. The first-order chi connectivity index (χ1) is 14.4. The van der Waals surface area contributed by atoms with Gasteiger partial charge in [0.05, 0.1) is 37.5 Å². The molecule has 1 N–H and O–H groups in total. The van der Waals surface area contributed by atoms with Gasteiger partial charge in [-0.15, -0.1) is 0 Å². The quantitative estimate of drug-likeness (QED) is 0.714. The van der Waals surface area contributed by atoms with Gasteiger partial charge in [-0.2, -0.15) is 5.10 Å². The van der Waals surface area contributed by atoms with E-state index >= 15 is 0 Å². The van der Waals surface area contributed by atoms with Gasteiger partial charge in [0.1, 0.15) is 5.69 Å². The van der Waals surface area contributed by atoms with Crippen molar-refractivity contribution in [2.45, 2.75) is 38.1 Å². The minimum Gasteiger partial charge on any atom is -0.493 e. The van der Waals surface area contributed by atoms with Crippen LogP contribution in [-0.2, 0) is 29.1 Å². The Morgan fingerprint density at radius 2 is 2.03 bits per heavy atom. The first kappa shape index (κ1) is 20.7. The van der Waals surface area contributed by atoms with Gasteiger partial charge >= 0.3 is 0 Å². The molecule has 1 fully saturated rings. The molecule has 2 aromatic rings. The number of ether oxygens (including phenoxy) is 2. The van der Waals surface area contributed by atoms with Crippen molar-refractivity contribution in [2.75, 3.05) is 32.3 Å². The average Bonchev–Trinajstić information content (AvgIpc) is 3.41. The number of rotatable bonds is 7. The summed E-state index contributed by atoms with van der Waals surface area (Å²) in [6, 6.07) is 5.43. The number of amides is 1. The Labute approximate surface area is 176 Å². The molecule has 4 rings (SSSR count). The summed E-state index contributed by atoms with van der Waals surface area (Å²) in [6.07, 6.45) is 3.78. The Hall–Kier alpha value is -2.55. The zero-order valence-corrected chi connectivity index (χ0v) is 18.1. The molecule has 162 valence electrons. The van der Waals surface area contributed by atoms with Crippen LogP contribution in [-0.4, -0.2) is 56.4 Å². The van der Waals surface area contributed by atoms with E-state index in [1.165, 1.54) is 0 Å². The molecule has 1 amide bonds. The lowest BCUT2D eigenvalue weighted by Crippen LogP contribution is -2.30. The Morgan fingerprint density at radius 1 is 1.23 bits per heavy atom. The number of carbonyl (C=O) groups excluding carboxylic acids is 1. The topological polar surface area (TPSA) is 99.5 Å². The summed E-state index contributed by atoms with van der Waals surface area (Å²) in [6.45, 7) is 0.456. The molecule has 1 atom stereocenters. The van der Waals surface area contributed by atoms with Crippen LogP contribution >= 0.6 is 0 Å². The molecule has 0 spiro atoms. The van der Waals surface area contributed by atoms with Gasteiger partial charge in [0, 0.05) is 12.1 Å². The second-order valence-electron chi connectivity index (χ2n) is 7.82. The zero-order valence-electron chi connectivity index (χ0n) is 17.3. The molecule has 9 heteroatoms. The highest BCUT2D eigenvalue weighted by molar-refractivity contribution is 7.91. The molecule has 1 aliphatic heterocycles. The van der Waals surface area contributed by atoms with Crippen molar-refractivity contribution in [1.29, 1.82) is 0 Å². The van der Waals surface area contributed by atoms with Crippen LogP contribution in [0.1, 0.15) is 46.2 Å². The molecule has 0 bridgehead atoms. The van der Waals surface area contributed by atoms with Crippen molar-refractivity contribution in [2.24, 2.45) is 0 Å². The summed E-state index contributed by atoms with van der Waals surface area (Å²) >= 11 is 0. The van der Waals surface area contributed by atoms with Gasteiger partial charge in [0.25, 0.3) is 5.91 Å². The molecule has 8 nitrogen and oxygen atoms in total. The number of hydrogen-bond donors (Lipinski definition) is 1. The lowest BCUT2D eigenvalue weighted by molar-refractivity contribution is 0.0940. The molecule has 2 heterocycles. The monoisotopic (exact) mass is 433 g/mol. The van der Waals surface area contributed by atoms with Gasteiger partial charge in [-0.25, -0.2) is 8.42 Å². The summed E-state index contributed by atoms with van der Waals surface area (Å²) in [5.41, 5.74) is 3.47. The van der Waals surface area contributed by atoms with E-state index in [4.69, 9.17) is 9.47 Å². The summed E-state index contributed by atoms with van der Waals surface area (Å²) in [5, 5.41) is 7.62. The highest BCUT2D eigenvalue weighted by Gasteiger charge is 2.35. The van der Waals surface area contributed by atoms with Crippen molar-refractivity contribution in [3.8, 4) is 11.5 Å². The van der Waals surface area contributed by atoms with Crippen molar-refractivity contribution in [1.82, 2.24) is 15.1 Å². The van der Waals surface area contributed by atoms with E-state index in [9.17, 15) is 13.2 Å². The first-order valence-corrected chi connectivity index (χ1v) is 12.0. The van der Waals surface area contributed by atoms with E-state index in [2.05, 4.69) is 10.4 Å². The van der Waals surface area contributed by atoms with Crippen LogP contribution in [0.15, 0.2) is 18.2 Å². The van der Waals surface area contributed by atoms with Gasteiger partial charge in [-0.05, 0) is 49.8 Å². The second kappa shape index (κ2) is 8.29. The average molecular weight is 434 g/mol. The third-order valence-electron chi connectivity index (χ3n) is 5.85. The molecular formula is C21H27N3O5S. The summed E-state index contributed by atoms with van der Waals surface area (Å²) < 4.78 is 36.1. The van der Waals surface area contributed by atoms with Crippen LogP contribution in [0.2, 0.25) is 0 Å². The molecule has 1 saturated heterocycles. The Morgan fingerprint density at radius 3 is 2.73 bits per heavy atom. The van der Waals surface area contributed by atoms with Crippen molar-refractivity contribution >= 4 is 15.7 Å². The molecule has 0 unspecified atom stereocenters. The number of benzene rings is 1. The van der Waals surface area contributed by atoms with E-state index in [-0.39, 0.29) is 23.5 Å². The third-order valence-corrected chi connectivity index (χ3v) is 7.60. The molecule has 1 aromatic carbocycles. The summed E-state index contributed by atoms with van der Waals surface area (Å²) in [4.78, 5) is 13.1. The summed E-state index contributed by atoms with van der Waals surface area (Å²) in [7, 11) is 0.125. The van der Waals surface area contributed by atoms with Crippen molar-refractivity contribution < 1.29 is 22.7 Å². The fourth-order valence-electron chi connectivity index (χ4n) is 4.33. The molecular weight excluding hydrogens is 406 g/mol. The van der Waals surface area contributed by atoms with Crippen molar-refractivity contribution in [3.63, 3.8) is 0 Å². The van der Waals surface area contributed by atoms with Gasteiger partial charge in [0.2, 0.25) is 0 Å². The number of nitrogens with one attached hydrogen (secondary N) is 1. The van der Waals surface area contributed by atoms with Crippen LogP contribution < -0.4 is 14.8 Å². The largest absolute Gasteiger partial charge is 0.493 e. The van der Waals surface area contributed by atoms with Gasteiger partial charge in [0.15, 0.2) is 21.3 Å². The van der Waals surface area contributed by atoms with E-state index in [1.54, 1.807) is 18.9 Å². The lowest BCUT2D eigenvalue weighted by atomic mass is 10.1. The maximum atomic E-state index is 13.1. The Kier molecular flexibility index (Phi) is 5.73. The number of aryl methyl sites for hydroxylation is 1. The number of sulfone groups is 1. The Balaban J connectivity index is 1.47. The predicted molar refractivity (Wildman–Crippen MR) is 112 cm³/mol. The number of aromatic nitrogens is 2. The third kappa shape index (κ3) is 4.03. The highest BCUT2D eigenvalue weighted by atomic mass is 32.2. The van der Waals surface area contributed by atoms with Gasteiger partial charge < -0.3 is 14.8 Å². The molecule has 1 aliphatic carbocycles. The zero-order chi connectivity index (χ0) is 21.3. The molecule has 1 aromatic heterocycles. The predicted octanol–water partition coefficient (Wildman–Crippen LogP) is 1.72. The molecule has 0 saturated carbocycles. The standard InChI is InChI=1S/C21H27N3O5S/c1-28-18-7-6-14(12-19(18)29-2)8-10-22-21(25)20-16-4-3-5-17(16)23-24(20)15-9-11-30(26,27)13-15/h6-7,12,15H,3-5,8-11,13H2,1-2H3,(H,22,25)/t15-/m0/s1. The fraction of sp³-hybridized carbons (Fsp3) is 0.524. The molecule has 2 aliphatic rings. The number of carbonyl (C=O) groups is 1. The fourth-order valence-corrected chi connectivity index (χ4v) is 6.02. The van der Waals surface area contributed by atoms with Crippen molar-refractivity contribution in [3.05, 3.63) is 40.7 Å². The van der Waals surface area contributed by atoms with Crippen LogP contribution in [0.25, 0.3) is 0 Å². The number of methoxy groups -OCH3 is 2.